The van der Waals surface area contributed by atoms with Crippen LogP contribution in [0.25, 0.3) is 22.6 Å². The molecule has 1 aromatic carbocycles. The van der Waals surface area contributed by atoms with Gasteiger partial charge in [0.05, 0.1) is 22.9 Å². The Balaban J connectivity index is 1.71. The van der Waals surface area contributed by atoms with E-state index in [2.05, 4.69) is 46.2 Å². The maximum atomic E-state index is 12.5. The molecule has 0 aliphatic rings. The molecular formula is C16H12BrN7O2. The van der Waals surface area contributed by atoms with Crippen LogP contribution in [0.1, 0.15) is 0 Å². The SMILES string of the molecule is Nc1nonc1-c1nc2ccccc2n1CC(=O)Nc1cncc(Br)c1. The molecule has 4 rings (SSSR count). The minimum absolute atomic E-state index is 0.00859. The van der Waals surface area contributed by atoms with Crippen molar-refractivity contribution < 1.29 is 9.42 Å². The highest BCUT2D eigenvalue weighted by molar-refractivity contribution is 9.10. The number of benzene rings is 1. The third-order valence-electron chi connectivity index (χ3n) is 3.67. The molecule has 3 N–H and O–H groups in total. The number of aromatic nitrogens is 5. The minimum atomic E-state index is -0.246. The molecule has 0 spiro atoms. The topological polar surface area (TPSA) is 125 Å². The number of fused-ring (bicyclic) bond motifs is 1. The second-order valence-corrected chi connectivity index (χ2v) is 6.36. The number of nitrogens with zero attached hydrogens (tertiary/aromatic N) is 5. The molecule has 3 heterocycles. The summed E-state index contributed by atoms with van der Waals surface area (Å²) in [5.41, 5.74) is 8.15. The number of imidazole rings is 1. The maximum Gasteiger partial charge on any atom is 0.244 e. The van der Waals surface area contributed by atoms with Gasteiger partial charge in [0.2, 0.25) is 5.91 Å². The molecule has 0 atom stereocenters. The van der Waals surface area contributed by atoms with Gasteiger partial charge in [0.1, 0.15) is 6.54 Å². The molecule has 26 heavy (non-hydrogen) atoms. The van der Waals surface area contributed by atoms with E-state index in [4.69, 9.17) is 5.73 Å². The third kappa shape index (κ3) is 3.02. The summed E-state index contributed by atoms with van der Waals surface area (Å²) in [4.78, 5) is 21.1. The van der Waals surface area contributed by atoms with Crippen molar-refractivity contribution in [2.45, 2.75) is 6.54 Å². The molecule has 10 heteroatoms. The Labute approximate surface area is 155 Å². The molecule has 1 amide bonds. The van der Waals surface area contributed by atoms with Crippen LogP contribution < -0.4 is 11.1 Å². The van der Waals surface area contributed by atoms with Gasteiger partial charge in [-0.2, -0.15) is 0 Å². The van der Waals surface area contributed by atoms with Gasteiger partial charge in [0, 0.05) is 10.7 Å². The van der Waals surface area contributed by atoms with Crippen molar-refractivity contribution >= 4 is 44.4 Å². The Hall–Kier alpha value is -3.27. The Morgan fingerprint density at radius 1 is 1.27 bits per heavy atom. The van der Waals surface area contributed by atoms with Gasteiger partial charge >= 0.3 is 0 Å². The summed E-state index contributed by atoms with van der Waals surface area (Å²) in [6.45, 7) is 0.00859. The molecule has 0 aliphatic carbocycles. The molecule has 0 fully saturated rings. The van der Waals surface area contributed by atoms with Gasteiger partial charge in [0.25, 0.3) is 0 Å². The standard InChI is InChI=1S/C16H12BrN7O2/c17-9-5-10(7-19-6-9)20-13(25)8-24-12-4-2-1-3-11(12)21-16(24)14-15(18)23-26-22-14/h1-7H,8H2,(H2,18,23)(H,20,25). The number of carbonyl (C=O) groups is 1. The largest absolute Gasteiger partial charge is 0.379 e. The van der Waals surface area contributed by atoms with Crippen LogP contribution in [0.15, 0.2) is 51.8 Å². The Morgan fingerprint density at radius 2 is 2.12 bits per heavy atom. The highest BCUT2D eigenvalue weighted by atomic mass is 79.9. The fraction of sp³-hybridized carbons (Fsp3) is 0.0625. The van der Waals surface area contributed by atoms with E-state index in [1.807, 2.05) is 24.3 Å². The highest BCUT2D eigenvalue weighted by Crippen LogP contribution is 2.26. The van der Waals surface area contributed by atoms with Gasteiger partial charge in [-0.3, -0.25) is 9.78 Å². The van der Waals surface area contributed by atoms with Gasteiger partial charge in [-0.15, -0.1) is 0 Å². The number of hydrogen-bond donors (Lipinski definition) is 2. The lowest BCUT2D eigenvalue weighted by molar-refractivity contribution is -0.116. The lowest BCUT2D eigenvalue weighted by Crippen LogP contribution is -2.19. The zero-order valence-corrected chi connectivity index (χ0v) is 14.8. The van der Waals surface area contributed by atoms with E-state index >= 15 is 0 Å². The number of rotatable bonds is 4. The van der Waals surface area contributed by atoms with E-state index in [-0.39, 0.29) is 24.0 Å². The van der Waals surface area contributed by atoms with Crippen molar-refractivity contribution in [3.63, 3.8) is 0 Å². The van der Waals surface area contributed by atoms with Crippen molar-refractivity contribution in [3.8, 4) is 11.5 Å². The van der Waals surface area contributed by atoms with Crippen molar-refractivity contribution in [1.82, 2.24) is 24.8 Å². The predicted molar refractivity (Wildman–Crippen MR) is 98.0 cm³/mol. The van der Waals surface area contributed by atoms with Crippen molar-refractivity contribution in [1.29, 1.82) is 0 Å². The van der Waals surface area contributed by atoms with E-state index in [0.717, 1.165) is 9.99 Å². The number of hydrogen-bond acceptors (Lipinski definition) is 7. The second-order valence-electron chi connectivity index (χ2n) is 5.45. The van der Waals surface area contributed by atoms with Crippen LogP contribution >= 0.6 is 15.9 Å². The maximum absolute atomic E-state index is 12.5. The van der Waals surface area contributed by atoms with Crippen LogP contribution in [-0.4, -0.2) is 30.8 Å². The number of halogens is 1. The minimum Gasteiger partial charge on any atom is -0.379 e. The van der Waals surface area contributed by atoms with Crippen LogP contribution in [0.4, 0.5) is 11.5 Å². The molecule has 0 saturated carbocycles. The smallest absolute Gasteiger partial charge is 0.244 e. The number of nitrogens with two attached hydrogens (primary N) is 1. The number of carbonyl (C=O) groups excluding carboxylic acids is 1. The van der Waals surface area contributed by atoms with Crippen molar-refractivity contribution in [2.24, 2.45) is 0 Å². The van der Waals surface area contributed by atoms with E-state index in [1.54, 1.807) is 23.0 Å². The van der Waals surface area contributed by atoms with Crippen LogP contribution in [0.5, 0.6) is 0 Å². The van der Waals surface area contributed by atoms with Crippen LogP contribution in [0, 0.1) is 0 Å². The normalized spacial score (nSPS) is 11.0. The van der Waals surface area contributed by atoms with Crippen molar-refractivity contribution in [3.05, 3.63) is 47.2 Å². The van der Waals surface area contributed by atoms with Crippen LogP contribution in [0.2, 0.25) is 0 Å². The first kappa shape index (κ1) is 16.2. The molecule has 0 bridgehead atoms. The first-order valence-corrected chi connectivity index (χ1v) is 8.35. The molecule has 0 saturated heterocycles. The van der Waals surface area contributed by atoms with E-state index in [0.29, 0.717) is 17.0 Å². The molecule has 4 aromatic rings. The molecule has 130 valence electrons. The zero-order valence-electron chi connectivity index (χ0n) is 13.3. The number of pyridine rings is 1. The predicted octanol–water partition coefficient (Wildman–Crippen LogP) is 2.46. The first-order valence-electron chi connectivity index (χ1n) is 7.56. The third-order valence-corrected chi connectivity index (χ3v) is 4.10. The molecule has 3 aromatic heterocycles. The number of anilines is 2. The fourth-order valence-electron chi connectivity index (χ4n) is 2.59. The van der Waals surface area contributed by atoms with Crippen LogP contribution in [0.3, 0.4) is 0 Å². The van der Waals surface area contributed by atoms with Crippen molar-refractivity contribution in [2.75, 3.05) is 11.1 Å². The first-order chi connectivity index (χ1) is 12.6. The number of nitrogens with one attached hydrogen (secondary N) is 1. The van der Waals surface area contributed by atoms with Gasteiger partial charge < -0.3 is 15.6 Å². The molecular weight excluding hydrogens is 402 g/mol. The van der Waals surface area contributed by atoms with Gasteiger partial charge in [-0.05, 0) is 44.4 Å². The summed E-state index contributed by atoms with van der Waals surface area (Å²) in [5.74, 6) is 0.273. The fourth-order valence-corrected chi connectivity index (χ4v) is 2.96. The Kier molecular flexibility index (Phi) is 4.09. The van der Waals surface area contributed by atoms with E-state index < -0.39 is 0 Å². The van der Waals surface area contributed by atoms with Crippen LogP contribution in [-0.2, 0) is 11.3 Å². The molecule has 0 unspecified atom stereocenters. The van der Waals surface area contributed by atoms with Gasteiger partial charge in [-0.25, -0.2) is 9.61 Å². The lowest BCUT2D eigenvalue weighted by atomic mass is 10.3. The average molecular weight is 414 g/mol. The Bertz CT molecular complexity index is 1100. The number of nitrogen functional groups attached to an aromatic ring is 1. The summed E-state index contributed by atoms with van der Waals surface area (Å²) >= 11 is 3.32. The van der Waals surface area contributed by atoms with E-state index in [9.17, 15) is 4.79 Å². The second kappa shape index (κ2) is 6.56. The monoisotopic (exact) mass is 413 g/mol. The number of para-hydroxylation sites is 2. The van der Waals surface area contributed by atoms with E-state index in [1.165, 1.54) is 0 Å². The summed E-state index contributed by atoms with van der Waals surface area (Å²) in [6.07, 6.45) is 3.20. The average Bonchev–Trinajstić information content (AvgIpc) is 3.18. The zero-order chi connectivity index (χ0) is 18.1. The molecule has 0 radical (unpaired) electrons. The molecule has 9 nitrogen and oxygen atoms in total. The lowest BCUT2D eigenvalue weighted by Gasteiger charge is -2.09. The van der Waals surface area contributed by atoms with Gasteiger partial charge in [0.15, 0.2) is 17.3 Å². The number of amides is 1. The van der Waals surface area contributed by atoms with Gasteiger partial charge in [-0.1, -0.05) is 12.1 Å². The summed E-state index contributed by atoms with van der Waals surface area (Å²) < 4.78 is 7.16. The highest BCUT2D eigenvalue weighted by Gasteiger charge is 2.20. The summed E-state index contributed by atoms with van der Waals surface area (Å²) in [6, 6.07) is 9.20. The quantitative estimate of drug-likeness (QED) is 0.526. The summed E-state index contributed by atoms with van der Waals surface area (Å²) in [7, 11) is 0. The Morgan fingerprint density at radius 3 is 2.88 bits per heavy atom. The molecule has 0 aliphatic heterocycles. The summed E-state index contributed by atoms with van der Waals surface area (Å²) in [5, 5.41) is 10.2.